The number of fused-ring (bicyclic) bond motifs is 1. The molecule has 0 saturated carbocycles. The van der Waals surface area contributed by atoms with Crippen LogP contribution >= 0.6 is 0 Å². The molecule has 1 atom stereocenters. The number of anilines is 1. The Hall–Kier alpha value is -5.16. The van der Waals surface area contributed by atoms with Crippen molar-refractivity contribution in [3.8, 4) is 28.7 Å². The van der Waals surface area contributed by atoms with Crippen LogP contribution in [0, 0.1) is 12.7 Å². The van der Waals surface area contributed by atoms with Gasteiger partial charge >= 0.3 is 0 Å². The Labute approximate surface area is 240 Å². The molecule has 10 nitrogen and oxygen atoms in total. The topological polar surface area (TPSA) is 117 Å². The first-order valence-corrected chi connectivity index (χ1v) is 13.1. The number of pyridine rings is 1. The van der Waals surface area contributed by atoms with Crippen molar-refractivity contribution in [3.63, 3.8) is 0 Å². The molecule has 0 aliphatic heterocycles. The maximum atomic E-state index is 13.4. The molecular weight excluding hydrogens is 543 g/mol. The molecule has 5 aromatic rings. The largest absolute Gasteiger partial charge is 0.493 e. The molecule has 1 amide bonds. The van der Waals surface area contributed by atoms with E-state index in [9.17, 15) is 19.1 Å². The van der Waals surface area contributed by atoms with Crippen molar-refractivity contribution in [1.82, 2.24) is 14.3 Å². The fourth-order valence-corrected chi connectivity index (χ4v) is 4.47. The van der Waals surface area contributed by atoms with Gasteiger partial charge in [0.2, 0.25) is 0 Å². The van der Waals surface area contributed by atoms with E-state index in [0.29, 0.717) is 51.0 Å². The smallest absolute Gasteiger partial charge is 0.284 e. The number of nitrogens with one attached hydrogen (secondary N) is 1. The summed E-state index contributed by atoms with van der Waals surface area (Å²) in [5.41, 5.74) is 1.44. The number of benzene rings is 3. The normalized spacial score (nSPS) is 11.8. The van der Waals surface area contributed by atoms with E-state index in [1.807, 2.05) is 0 Å². The predicted molar refractivity (Wildman–Crippen MR) is 156 cm³/mol. The van der Waals surface area contributed by atoms with Crippen LogP contribution in [-0.2, 0) is 7.05 Å². The highest BCUT2D eigenvalue weighted by Crippen LogP contribution is 2.37. The van der Waals surface area contributed by atoms with Crippen molar-refractivity contribution in [3.05, 3.63) is 100 Å². The number of hydrogen-bond donors (Lipinski definition) is 2. The lowest BCUT2D eigenvalue weighted by atomic mass is 10.1. The lowest BCUT2D eigenvalue weighted by Crippen LogP contribution is -2.25. The van der Waals surface area contributed by atoms with Gasteiger partial charge in [0, 0.05) is 30.4 Å². The van der Waals surface area contributed by atoms with E-state index in [2.05, 4.69) is 10.3 Å². The number of aliphatic hydroxyl groups excluding tert-OH is 1. The lowest BCUT2D eigenvalue weighted by molar-refractivity contribution is 0.102. The third kappa shape index (κ3) is 5.68. The van der Waals surface area contributed by atoms with Gasteiger partial charge in [0.25, 0.3) is 11.5 Å². The fraction of sp³-hybridized carbons (Fsp3) is 0.194. The molecule has 0 aliphatic rings. The molecule has 0 aliphatic carbocycles. The van der Waals surface area contributed by atoms with Crippen LogP contribution < -0.4 is 25.1 Å². The van der Waals surface area contributed by atoms with Crippen LogP contribution in [0.5, 0.6) is 23.0 Å². The number of hydrogen-bond acceptors (Lipinski definition) is 7. The summed E-state index contributed by atoms with van der Waals surface area (Å²) >= 11 is 0. The SMILES string of the molecule is COc1cc2c(Oc3ccc(NC(=O)c4c(C)n(C)n(-c5ccc(F)cc5)c4=O)cc3)ccnc2cc1OC[C@H](C)O. The summed E-state index contributed by atoms with van der Waals surface area (Å²) in [6.07, 6.45) is 0.968. The number of carbonyl (C=O) groups excluding carboxylic acids is 1. The van der Waals surface area contributed by atoms with Crippen LogP contribution in [0.1, 0.15) is 23.0 Å². The van der Waals surface area contributed by atoms with Crippen molar-refractivity contribution in [2.45, 2.75) is 20.0 Å². The summed E-state index contributed by atoms with van der Waals surface area (Å²) in [5.74, 6) is 0.959. The monoisotopic (exact) mass is 572 g/mol. The summed E-state index contributed by atoms with van der Waals surface area (Å²) in [6.45, 7) is 3.40. The van der Waals surface area contributed by atoms with Crippen LogP contribution in [0.4, 0.5) is 10.1 Å². The summed E-state index contributed by atoms with van der Waals surface area (Å²) in [7, 11) is 3.18. The molecule has 3 aromatic carbocycles. The molecule has 0 unspecified atom stereocenters. The Morgan fingerprint density at radius 1 is 1.05 bits per heavy atom. The highest BCUT2D eigenvalue weighted by molar-refractivity contribution is 6.05. The maximum absolute atomic E-state index is 13.4. The third-order valence-electron chi connectivity index (χ3n) is 6.66. The van der Waals surface area contributed by atoms with Crippen molar-refractivity contribution in [2.75, 3.05) is 19.0 Å². The number of amides is 1. The molecule has 42 heavy (non-hydrogen) atoms. The zero-order valence-corrected chi connectivity index (χ0v) is 23.4. The first kappa shape index (κ1) is 28.4. The van der Waals surface area contributed by atoms with Crippen LogP contribution in [0.25, 0.3) is 16.6 Å². The van der Waals surface area contributed by atoms with Gasteiger partial charge in [0.15, 0.2) is 11.5 Å². The molecule has 2 N–H and O–H groups in total. The standard InChI is InChI=1S/C31H29FN4O6/c1-18(37)17-41-28-16-25-24(15-27(28)40-4)26(13-14-33-25)42-23-11-7-21(8-12-23)34-30(38)29-19(2)35(3)36(31(29)39)22-9-5-20(32)6-10-22/h5-16,18,37H,17H2,1-4H3,(H,34,38)/t18-/m0/s1. The van der Waals surface area contributed by atoms with Crippen LogP contribution in [0.2, 0.25) is 0 Å². The maximum Gasteiger partial charge on any atom is 0.284 e. The molecular formula is C31H29FN4O6. The minimum atomic E-state index is -0.641. The number of rotatable bonds is 9. The van der Waals surface area contributed by atoms with Gasteiger partial charge in [-0.25, -0.2) is 9.07 Å². The summed E-state index contributed by atoms with van der Waals surface area (Å²) in [4.78, 5) is 30.7. The quantitative estimate of drug-likeness (QED) is 0.256. The molecule has 2 heterocycles. The number of aromatic nitrogens is 3. The number of aliphatic hydroxyl groups is 1. The highest BCUT2D eigenvalue weighted by Gasteiger charge is 2.22. The van der Waals surface area contributed by atoms with Gasteiger partial charge < -0.3 is 24.6 Å². The molecule has 0 saturated heterocycles. The highest BCUT2D eigenvalue weighted by atomic mass is 19.1. The second-order valence-corrected chi connectivity index (χ2v) is 9.65. The Morgan fingerprint density at radius 2 is 1.76 bits per heavy atom. The molecule has 0 bridgehead atoms. The van der Waals surface area contributed by atoms with Gasteiger partial charge in [-0.3, -0.25) is 19.3 Å². The van der Waals surface area contributed by atoms with Crippen LogP contribution in [0.15, 0.2) is 77.7 Å². The van der Waals surface area contributed by atoms with Crippen molar-refractivity contribution in [1.29, 1.82) is 0 Å². The molecule has 0 radical (unpaired) electrons. The number of methoxy groups -OCH3 is 1. The summed E-state index contributed by atoms with van der Waals surface area (Å²) < 4.78 is 33.5. The second-order valence-electron chi connectivity index (χ2n) is 9.65. The number of carbonyl (C=O) groups is 1. The first-order valence-electron chi connectivity index (χ1n) is 13.1. The molecule has 11 heteroatoms. The average Bonchev–Trinajstić information content (AvgIpc) is 3.20. The summed E-state index contributed by atoms with van der Waals surface area (Å²) in [6, 6.07) is 17.4. The van der Waals surface area contributed by atoms with Crippen molar-refractivity contribution in [2.24, 2.45) is 7.05 Å². The van der Waals surface area contributed by atoms with E-state index in [1.54, 1.807) is 74.2 Å². The van der Waals surface area contributed by atoms with Gasteiger partial charge in [0.1, 0.15) is 29.5 Å². The van der Waals surface area contributed by atoms with E-state index in [0.717, 1.165) is 0 Å². The summed E-state index contributed by atoms with van der Waals surface area (Å²) in [5, 5.41) is 13.0. The number of ether oxygens (including phenoxy) is 3. The van der Waals surface area contributed by atoms with Gasteiger partial charge in [-0.1, -0.05) is 0 Å². The lowest BCUT2D eigenvalue weighted by Gasteiger charge is -2.15. The molecule has 0 spiro atoms. The van der Waals surface area contributed by atoms with E-state index in [-0.39, 0.29) is 12.2 Å². The van der Waals surface area contributed by atoms with Gasteiger partial charge in [-0.05, 0) is 74.5 Å². The fourth-order valence-electron chi connectivity index (χ4n) is 4.47. The number of nitrogens with zero attached hydrogens (tertiary/aromatic N) is 3. The Morgan fingerprint density at radius 3 is 2.43 bits per heavy atom. The zero-order valence-electron chi connectivity index (χ0n) is 23.4. The van der Waals surface area contributed by atoms with E-state index >= 15 is 0 Å². The van der Waals surface area contributed by atoms with Crippen LogP contribution in [-0.4, -0.2) is 45.2 Å². The van der Waals surface area contributed by atoms with Crippen molar-refractivity contribution < 1.29 is 28.5 Å². The molecule has 0 fully saturated rings. The Bertz CT molecular complexity index is 1810. The van der Waals surface area contributed by atoms with Gasteiger partial charge in [0.05, 0.1) is 30.1 Å². The minimum Gasteiger partial charge on any atom is -0.493 e. The molecule has 216 valence electrons. The van der Waals surface area contributed by atoms with Gasteiger partial charge in [-0.2, -0.15) is 0 Å². The predicted octanol–water partition coefficient (Wildman–Crippen LogP) is 4.98. The number of halogens is 1. The molecule has 5 rings (SSSR count). The minimum absolute atomic E-state index is 0.0175. The average molecular weight is 573 g/mol. The van der Waals surface area contributed by atoms with E-state index < -0.39 is 23.4 Å². The van der Waals surface area contributed by atoms with Crippen LogP contribution in [0.3, 0.4) is 0 Å². The Balaban J connectivity index is 1.35. The third-order valence-corrected chi connectivity index (χ3v) is 6.66. The van der Waals surface area contributed by atoms with E-state index in [1.165, 1.54) is 36.1 Å². The molecule has 2 aromatic heterocycles. The Kier molecular flexibility index (Phi) is 7.94. The second kappa shape index (κ2) is 11.8. The van der Waals surface area contributed by atoms with Gasteiger partial charge in [-0.15, -0.1) is 0 Å². The first-order chi connectivity index (χ1) is 20.2. The van der Waals surface area contributed by atoms with E-state index in [4.69, 9.17) is 14.2 Å². The van der Waals surface area contributed by atoms with Crippen molar-refractivity contribution >= 4 is 22.5 Å². The zero-order chi connectivity index (χ0) is 30.0.